The monoisotopic (exact) mass is 358 g/mol. The first-order valence-electron chi connectivity index (χ1n) is 9.51. The highest BCUT2D eigenvalue weighted by molar-refractivity contribution is 5.96. The van der Waals surface area contributed by atoms with Crippen LogP contribution >= 0.6 is 0 Å². The summed E-state index contributed by atoms with van der Waals surface area (Å²) >= 11 is 0. The van der Waals surface area contributed by atoms with Gasteiger partial charge in [-0.2, -0.15) is 0 Å². The van der Waals surface area contributed by atoms with Gasteiger partial charge in [-0.25, -0.2) is 9.97 Å². The van der Waals surface area contributed by atoms with Crippen molar-refractivity contribution in [1.82, 2.24) is 20.6 Å². The van der Waals surface area contributed by atoms with Gasteiger partial charge >= 0.3 is 0 Å². The molecule has 0 aromatic carbocycles. The Hall–Kier alpha value is -2.24. The highest BCUT2D eigenvalue weighted by Crippen LogP contribution is 2.26. The molecule has 0 radical (unpaired) electrons. The lowest BCUT2D eigenvalue weighted by molar-refractivity contribution is -0.116. The second kappa shape index (κ2) is 9.46. The summed E-state index contributed by atoms with van der Waals surface area (Å²) in [5.74, 6) is 0.738. The maximum absolute atomic E-state index is 12.9. The van der Waals surface area contributed by atoms with Crippen LogP contribution in [0.2, 0.25) is 0 Å². The maximum atomic E-state index is 12.9. The van der Waals surface area contributed by atoms with Crippen molar-refractivity contribution in [3.8, 4) is 0 Å². The third-order valence-electron chi connectivity index (χ3n) is 5.08. The fourth-order valence-corrected chi connectivity index (χ4v) is 3.67. The fraction of sp³-hybridized carbons (Fsp3) is 0.600. The molecule has 1 heterocycles. The minimum atomic E-state index is -0.219. The average molecular weight is 358 g/mol. The van der Waals surface area contributed by atoms with Crippen LogP contribution in [-0.4, -0.2) is 34.4 Å². The predicted octanol–water partition coefficient (Wildman–Crippen LogP) is 2.64. The molecule has 2 amide bonds. The van der Waals surface area contributed by atoms with Crippen molar-refractivity contribution < 1.29 is 9.59 Å². The van der Waals surface area contributed by atoms with E-state index in [2.05, 4.69) is 27.2 Å². The quantitative estimate of drug-likeness (QED) is 0.734. The van der Waals surface area contributed by atoms with Crippen LogP contribution < -0.4 is 10.6 Å². The molecule has 0 saturated heterocycles. The Bertz CT molecular complexity index is 643. The van der Waals surface area contributed by atoms with Gasteiger partial charge in [0, 0.05) is 19.0 Å². The smallest absolute Gasteiger partial charge is 0.255 e. The number of carbonyl (C=O) groups is 2. The summed E-state index contributed by atoms with van der Waals surface area (Å²) in [7, 11) is 0. The van der Waals surface area contributed by atoms with E-state index in [9.17, 15) is 9.59 Å². The van der Waals surface area contributed by atoms with Crippen LogP contribution in [0.4, 0.5) is 0 Å². The Labute approximate surface area is 155 Å². The Morgan fingerprint density at radius 2 is 1.81 bits per heavy atom. The van der Waals surface area contributed by atoms with Crippen LogP contribution in [0.1, 0.15) is 66.6 Å². The van der Waals surface area contributed by atoms with E-state index in [4.69, 9.17) is 0 Å². The van der Waals surface area contributed by atoms with Crippen LogP contribution in [0.15, 0.2) is 12.7 Å². The van der Waals surface area contributed by atoms with Gasteiger partial charge in [0.25, 0.3) is 5.91 Å². The minimum absolute atomic E-state index is 0.101. The number of nitrogens with one attached hydrogen (secondary N) is 2. The number of carbonyl (C=O) groups excluding carboxylic acids is 2. The zero-order valence-electron chi connectivity index (χ0n) is 16.1. The fourth-order valence-electron chi connectivity index (χ4n) is 3.67. The highest BCUT2D eigenvalue weighted by atomic mass is 16.2. The van der Waals surface area contributed by atoms with E-state index >= 15 is 0 Å². The molecule has 1 atom stereocenters. The van der Waals surface area contributed by atoms with Crippen LogP contribution in [0.3, 0.4) is 0 Å². The SMILES string of the molecule is C=CC(=O)NCC(NC(=O)c1c(C)nc(CC)nc1C)C1CCCCC1. The van der Waals surface area contributed by atoms with Crippen molar-refractivity contribution >= 4 is 11.8 Å². The average Bonchev–Trinajstić information content (AvgIpc) is 2.64. The summed E-state index contributed by atoms with van der Waals surface area (Å²) in [6.07, 6.45) is 7.70. The normalized spacial score (nSPS) is 16.0. The summed E-state index contributed by atoms with van der Waals surface area (Å²) < 4.78 is 0. The third kappa shape index (κ3) is 5.13. The van der Waals surface area contributed by atoms with E-state index in [0.717, 1.165) is 25.1 Å². The van der Waals surface area contributed by atoms with E-state index in [-0.39, 0.29) is 17.9 Å². The topological polar surface area (TPSA) is 84.0 Å². The van der Waals surface area contributed by atoms with Gasteiger partial charge in [-0.1, -0.05) is 32.8 Å². The lowest BCUT2D eigenvalue weighted by atomic mass is 9.83. The van der Waals surface area contributed by atoms with E-state index < -0.39 is 0 Å². The molecule has 6 nitrogen and oxygen atoms in total. The number of amides is 2. The largest absolute Gasteiger partial charge is 0.350 e. The summed E-state index contributed by atoms with van der Waals surface area (Å²) in [6, 6.07) is -0.101. The minimum Gasteiger partial charge on any atom is -0.350 e. The number of hydrogen-bond donors (Lipinski definition) is 2. The Balaban J connectivity index is 2.16. The van der Waals surface area contributed by atoms with Gasteiger partial charge < -0.3 is 10.6 Å². The summed E-state index contributed by atoms with van der Waals surface area (Å²) in [6.45, 7) is 9.58. The van der Waals surface area contributed by atoms with Crippen molar-refractivity contribution in [2.75, 3.05) is 6.54 Å². The van der Waals surface area contributed by atoms with Crippen LogP contribution in [0.25, 0.3) is 0 Å². The molecule has 142 valence electrons. The molecule has 0 aliphatic heterocycles. The second-order valence-electron chi connectivity index (χ2n) is 6.97. The molecule has 6 heteroatoms. The van der Waals surface area contributed by atoms with Crippen LogP contribution in [0, 0.1) is 19.8 Å². The molecule has 1 aliphatic rings. The van der Waals surface area contributed by atoms with Gasteiger partial charge in [-0.15, -0.1) is 0 Å². The second-order valence-corrected chi connectivity index (χ2v) is 6.97. The number of aromatic nitrogens is 2. The van der Waals surface area contributed by atoms with Gasteiger partial charge in [0.2, 0.25) is 5.91 Å². The number of hydrogen-bond acceptors (Lipinski definition) is 4. The van der Waals surface area contributed by atoms with E-state index in [0.29, 0.717) is 29.4 Å². The van der Waals surface area contributed by atoms with Gasteiger partial charge in [0.1, 0.15) is 5.82 Å². The molecule has 0 bridgehead atoms. The predicted molar refractivity (Wildman–Crippen MR) is 102 cm³/mol. The first kappa shape index (κ1) is 20.1. The molecule has 1 unspecified atom stereocenters. The van der Waals surface area contributed by atoms with Crippen LogP contribution in [-0.2, 0) is 11.2 Å². The number of aryl methyl sites for hydroxylation is 3. The number of nitrogens with zero attached hydrogens (tertiary/aromatic N) is 2. The zero-order chi connectivity index (χ0) is 19.1. The molecule has 1 aliphatic carbocycles. The molecule has 1 aromatic heterocycles. The van der Waals surface area contributed by atoms with Gasteiger partial charge in [0.15, 0.2) is 0 Å². The first-order valence-corrected chi connectivity index (χ1v) is 9.51. The summed E-state index contributed by atoms with van der Waals surface area (Å²) in [4.78, 5) is 33.4. The van der Waals surface area contributed by atoms with Crippen molar-refractivity contribution in [1.29, 1.82) is 0 Å². The third-order valence-corrected chi connectivity index (χ3v) is 5.08. The molecule has 0 spiro atoms. The van der Waals surface area contributed by atoms with Crippen molar-refractivity contribution in [3.63, 3.8) is 0 Å². The molecular formula is C20H30N4O2. The molecular weight excluding hydrogens is 328 g/mol. The highest BCUT2D eigenvalue weighted by Gasteiger charge is 2.27. The van der Waals surface area contributed by atoms with E-state index in [1.54, 1.807) is 0 Å². The van der Waals surface area contributed by atoms with Gasteiger partial charge in [-0.05, 0) is 38.7 Å². The molecule has 1 fully saturated rings. The molecule has 1 aromatic rings. The summed E-state index contributed by atoms with van der Waals surface area (Å²) in [5.41, 5.74) is 1.94. The molecule has 2 rings (SSSR count). The van der Waals surface area contributed by atoms with Gasteiger partial charge in [-0.3, -0.25) is 9.59 Å². The zero-order valence-corrected chi connectivity index (χ0v) is 16.1. The van der Waals surface area contributed by atoms with Gasteiger partial charge in [0.05, 0.1) is 17.0 Å². The Kier molecular flexibility index (Phi) is 7.30. The Morgan fingerprint density at radius 1 is 1.19 bits per heavy atom. The molecule has 1 saturated carbocycles. The Morgan fingerprint density at radius 3 is 2.35 bits per heavy atom. The number of rotatable bonds is 7. The lowest BCUT2D eigenvalue weighted by Gasteiger charge is -2.31. The van der Waals surface area contributed by atoms with Crippen molar-refractivity contribution in [2.45, 2.75) is 65.3 Å². The van der Waals surface area contributed by atoms with Crippen molar-refractivity contribution in [2.24, 2.45) is 5.92 Å². The first-order chi connectivity index (χ1) is 12.5. The molecule has 26 heavy (non-hydrogen) atoms. The lowest BCUT2D eigenvalue weighted by Crippen LogP contribution is -2.48. The standard InChI is InChI=1S/C20H30N4O2/c1-5-17-22-13(3)19(14(4)23-17)20(26)24-16(12-21-18(25)6-2)15-10-8-7-9-11-15/h6,15-16H,2,5,7-12H2,1,3-4H3,(H,21,25)(H,24,26). The van der Waals surface area contributed by atoms with Crippen molar-refractivity contribution in [3.05, 3.63) is 35.4 Å². The van der Waals surface area contributed by atoms with E-state index in [1.165, 1.54) is 25.3 Å². The van der Waals surface area contributed by atoms with Crippen LogP contribution in [0.5, 0.6) is 0 Å². The van der Waals surface area contributed by atoms with E-state index in [1.807, 2.05) is 20.8 Å². The molecule has 2 N–H and O–H groups in total. The maximum Gasteiger partial charge on any atom is 0.255 e. The summed E-state index contributed by atoms with van der Waals surface area (Å²) in [5, 5.41) is 5.96.